The number of pyridine rings is 1. The molecule has 1 atom stereocenters. The van der Waals surface area contributed by atoms with Crippen LogP contribution in [0, 0.1) is 0 Å². The lowest BCUT2D eigenvalue weighted by molar-refractivity contribution is -0.378. The number of nitrogens with zero attached hydrogens (tertiary/aromatic N) is 1. The van der Waals surface area contributed by atoms with E-state index in [0.29, 0.717) is 16.9 Å². The third-order valence-corrected chi connectivity index (χ3v) is 5.14. The highest BCUT2D eigenvalue weighted by atomic mass is 16.5. The lowest BCUT2D eigenvalue weighted by atomic mass is 9.95. The van der Waals surface area contributed by atoms with Gasteiger partial charge in [-0.05, 0) is 23.8 Å². The van der Waals surface area contributed by atoms with Gasteiger partial charge in [0.05, 0.1) is 25.3 Å². The Labute approximate surface area is 174 Å². The molecule has 0 bridgehead atoms. The van der Waals surface area contributed by atoms with Gasteiger partial charge in [-0.1, -0.05) is 42.5 Å². The van der Waals surface area contributed by atoms with Crippen molar-refractivity contribution in [3.05, 3.63) is 101 Å². The number of H-pyrrole nitrogens is 1. The number of aliphatic hydroxyl groups excluding tert-OH is 1. The fraction of sp³-hybridized carbons (Fsp3) is 0.125. The number of carbonyl (C=O) groups is 2. The SMILES string of the molecule is COc1ccc(C2C(=C(O)c3ccccc3)C(=O)C(=O)N2Cc2ccc[nH+]c2)cc1. The predicted octanol–water partition coefficient (Wildman–Crippen LogP) is 3.13. The molecule has 2 heterocycles. The van der Waals surface area contributed by atoms with E-state index in [9.17, 15) is 14.7 Å². The second kappa shape index (κ2) is 8.21. The third-order valence-electron chi connectivity index (χ3n) is 5.14. The van der Waals surface area contributed by atoms with Gasteiger partial charge in [0.2, 0.25) is 0 Å². The summed E-state index contributed by atoms with van der Waals surface area (Å²) >= 11 is 0. The number of Topliss-reactive ketones (excluding diaryl/α,β-unsaturated/α-hetero) is 1. The van der Waals surface area contributed by atoms with Crippen LogP contribution in [0.2, 0.25) is 0 Å². The van der Waals surface area contributed by atoms with E-state index >= 15 is 0 Å². The molecule has 6 heteroatoms. The van der Waals surface area contributed by atoms with E-state index in [1.54, 1.807) is 68.0 Å². The molecule has 1 aliphatic rings. The van der Waals surface area contributed by atoms with Gasteiger partial charge in [-0.3, -0.25) is 9.59 Å². The average Bonchev–Trinajstić information content (AvgIpc) is 3.05. The van der Waals surface area contributed by atoms with Crippen molar-refractivity contribution in [3.63, 3.8) is 0 Å². The van der Waals surface area contributed by atoms with E-state index in [0.717, 1.165) is 5.56 Å². The lowest BCUT2D eigenvalue weighted by Crippen LogP contribution is -2.29. The Morgan fingerprint density at radius 2 is 1.77 bits per heavy atom. The van der Waals surface area contributed by atoms with Crippen LogP contribution in [-0.2, 0) is 16.1 Å². The summed E-state index contributed by atoms with van der Waals surface area (Å²) in [7, 11) is 1.57. The van der Waals surface area contributed by atoms with E-state index in [1.807, 2.05) is 18.2 Å². The Morgan fingerprint density at radius 3 is 2.40 bits per heavy atom. The van der Waals surface area contributed by atoms with Crippen LogP contribution in [-0.4, -0.2) is 28.8 Å². The number of ether oxygens (including phenoxy) is 1. The highest BCUT2D eigenvalue weighted by molar-refractivity contribution is 6.46. The molecule has 1 aromatic heterocycles. The van der Waals surface area contributed by atoms with E-state index in [4.69, 9.17) is 4.74 Å². The fourth-order valence-corrected chi connectivity index (χ4v) is 3.65. The molecule has 2 N–H and O–H groups in total. The number of aromatic nitrogens is 1. The first kappa shape index (κ1) is 19.4. The number of rotatable bonds is 5. The second-order valence-corrected chi connectivity index (χ2v) is 6.98. The molecule has 1 aliphatic heterocycles. The number of aromatic amines is 1. The van der Waals surface area contributed by atoms with Crippen molar-refractivity contribution in [1.82, 2.24) is 4.90 Å². The number of hydrogen-bond acceptors (Lipinski definition) is 4. The summed E-state index contributed by atoms with van der Waals surface area (Å²) in [6.45, 7) is 0.226. The van der Waals surface area contributed by atoms with Gasteiger partial charge < -0.3 is 14.7 Å². The molecule has 1 unspecified atom stereocenters. The highest BCUT2D eigenvalue weighted by Gasteiger charge is 2.46. The Balaban J connectivity index is 1.85. The molecule has 1 saturated heterocycles. The maximum Gasteiger partial charge on any atom is 0.295 e. The van der Waals surface area contributed by atoms with Gasteiger partial charge in [0, 0.05) is 17.2 Å². The van der Waals surface area contributed by atoms with Crippen molar-refractivity contribution in [2.24, 2.45) is 0 Å². The Kier molecular flexibility index (Phi) is 5.30. The maximum atomic E-state index is 13.0. The molecule has 3 aromatic rings. The predicted molar refractivity (Wildman–Crippen MR) is 110 cm³/mol. The normalized spacial score (nSPS) is 17.9. The number of ketones is 1. The van der Waals surface area contributed by atoms with Gasteiger partial charge in [-0.25, -0.2) is 4.98 Å². The van der Waals surface area contributed by atoms with Crippen molar-refractivity contribution < 1.29 is 24.4 Å². The number of aliphatic hydroxyl groups is 1. The Morgan fingerprint density at radius 1 is 1.03 bits per heavy atom. The summed E-state index contributed by atoms with van der Waals surface area (Å²) in [5.74, 6) is -0.859. The number of carbonyl (C=O) groups excluding carboxylic acids is 2. The van der Waals surface area contributed by atoms with Gasteiger partial charge in [0.25, 0.3) is 11.7 Å². The Bertz CT molecular complexity index is 1090. The first-order chi connectivity index (χ1) is 14.6. The monoisotopic (exact) mass is 401 g/mol. The van der Waals surface area contributed by atoms with Crippen LogP contribution in [0.5, 0.6) is 5.75 Å². The molecule has 1 amide bonds. The lowest BCUT2D eigenvalue weighted by Gasteiger charge is -2.25. The number of hydrogen-bond donors (Lipinski definition) is 1. The summed E-state index contributed by atoms with van der Waals surface area (Å²) in [5.41, 5.74) is 2.13. The fourth-order valence-electron chi connectivity index (χ4n) is 3.65. The third kappa shape index (κ3) is 3.55. The molecular formula is C24H21N2O4+. The quantitative estimate of drug-likeness (QED) is 0.405. The summed E-state index contributed by atoms with van der Waals surface area (Å²) in [4.78, 5) is 30.4. The molecule has 1 fully saturated rings. The first-order valence-corrected chi connectivity index (χ1v) is 9.53. The average molecular weight is 401 g/mol. The van der Waals surface area contributed by atoms with Crippen molar-refractivity contribution in [1.29, 1.82) is 0 Å². The first-order valence-electron chi connectivity index (χ1n) is 9.53. The van der Waals surface area contributed by atoms with Gasteiger partial charge in [-0.2, -0.15) is 0 Å². The largest absolute Gasteiger partial charge is 0.507 e. The molecule has 4 rings (SSSR count). The number of amides is 1. The van der Waals surface area contributed by atoms with Crippen LogP contribution < -0.4 is 9.72 Å². The van der Waals surface area contributed by atoms with Crippen LogP contribution in [0.15, 0.2) is 84.7 Å². The zero-order valence-corrected chi connectivity index (χ0v) is 16.4. The smallest absolute Gasteiger partial charge is 0.295 e. The molecule has 0 spiro atoms. The second-order valence-electron chi connectivity index (χ2n) is 6.98. The number of benzene rings is 2. The molecule has 0 radical (unpaired) electrons. The minimum absolute atomic E-state index is 0.0799. The van der Waals surface area contributed by atoms with E-state index in [1.165, 1.54) is 4.90 Å². The highest BCUT2D eigenvalue weighted by Crippen LogP contribution is 2.40. The van der Waals surface area contributed by atoms with Crippen LogP contribution in [0.25, 0.3) is 5.76 Å². The van der Waals surface area contributed by atoms with Crippen LogP contribution >= 0.6 is 0 Å². The van der Waals surface area contributed by atoms with Gasteiger partial charge in [0.1, 0.15) is 11.5 Å². The summed E-state index contributed by atoms with van der Waals surface area (Å²) < 4.78 is 5.23. The zero-order valence-electron chi connectivity index (χ0n) is 16.4. The molecule has 30 heavy (non-hydrogen) atoms. The van der Waals surface area contributed by atoms with E-state index < -0.39 is 17.7 Å². The van der Waals surface area contributed by atoms with Gasteiger partial charge >= 0.3 is 0 Å². The molecular weight excluding hydrogens is 380 g/mol. The Hall–Kier alpha value is -3.93. The summed E-state index contributed by atoms with van der Waals surface area (Å²) in [6, 6.07) is 18.9. The minimum atomic E-state index is -0.712. The topological polar surface area (TPSA) is 81.0 Å². The molecule has 150 valence electrons. The number of methoxy groups -OCH3 is 1. The molecule has 6 nitrogen and oxygen atoms in total. The molecule has 0 aliphatic carbocycles. The number of likely N-dealkylation sites (tertiary alicyclic amines) is 1. The van der Waals surface area contributed by atoms with E-state index in [-0.39, 0.29) is 17.9 Å². The van der Waals surface area contributed by atoms with Crippen molar-refractivity contribution in [3.8, 4) is 5.75 Å². The van der Waals surface area contributed by atoms with Gasteiger partial charge in [-0.15, -0.1) is 0 Å². The molecule has 0 saturated carbocycles. The van der Waals surface area contributed by atoms with E-state index in [2.05, 4.69) is 4.98 Å². The maximum absolute atomic E-state index is 13.0. The van der Waals surface area contributed by atoms with Crippen molar-refractivity contribution in [2.45, 2.75) is 12.6 Å². The zero-order chi connectivity index (χ0) is 21.1. The van der Waals surface area contributed by atoms with Crippen LogP contribution in [0.1, 0.15) is 22.7 Å². The van der Waals surface area contributed by atoms with Gasteiger partial charge in [0.15, 0.2) is 12.4 Å². The summed E-state index contributed by atoms with van der Waals surface area (Å²) in [5, 5.41) is 11.0. The summed E-state index contributed by atoms with van der Waals surface area (Å²) in [6.07, 6.45) is 3.55. The molecule has 2 aromatic carbocycles. The minimum Gasteiger partial charge on any atom is -0.507 e. The van der Waals surface area contributed by atoms with Crippen molar-refractivity contribution >= 4 is 17.4 Å². The van der Waals surface area contributed by atoms with Crippen LogP contribution in [0.3, 0.4) is 0 Å². The van der Waals surface area contributed by atoms with Crippen LogP contribution in [0.4, 0.5) is 0 Å². The van der Waals surface area contributed by atoms with Crippen molar-refractivity contribution in [2.75, 3.05) is 7.11 Å². The standard InChI is InChI=1S/C24H20N2O4/c1-30-19-11-9-17(10-12-19)21-20(22(27)18-7-3-2-4-8-18)23(28)24(29)26(21)15-16-6-5-13-25-14-16/h2-14,21,27H,15H2,1H3/p+1. The number of nitrogens with one attached hydrogen (secondary N) is 1.